The summed E-state index contributed by atoms with van der Waals surface area (Å²) in [5.74, 6) is -2.53. The molecule has 1 aromatic carbocycles. The summed E-state index contributed by atoms with van der Waals surface area (Å²) in [6, 6.07) is 1.44. The van der Waals surface area contributed by atoms with Crippen LogP contribution in [0.15, 0.2) is 26.5 Å². The Morgan fingerprint density at radius 3 is 2.05 bits per heavy atom. The molecule has 0 radical (unpaired) electrons. The van der Waals surface area contributed by atoms with Crippen LogP contribution in [0.4, 0.5) is 4.39 Å². The zero-order valence-electron chi connectivity index (χ0n) is 11.3. The number of rotatable bonds is 2. The summed E-state index contributed by atoms with van der Waals surface area (Å²) in [5, 5.41) is 8.60. The van der Waals surface area contributed by atoms with E-state index in [4.69, 9.17) is 16.7 Å². The van der Waals surface area contributed by atoms with Crippen LogP contribution in [-0.4, -0.2) is 24.8 Å². The third kappa shape index (κ3) is 2.25. The Morgan fingerprint density at radius 1 is 1.09 bits per heavy atom. The van der Waals surface area contributed by atoms with Crippen LogP contribution in [0.3, 0.4) is 0 Å². The monoisotopic (exact) mass is 329 g/mol. The molecular formula is C12H9ClFN3O5. The highest BCUT2D eigenvalue weighted by Crippen LogP contribution is 2.22. The fourth-order valence-corrected chi connectivity index (χ4v) is 2.08. The minimum absolute atomic E-state index is 0.361. The van der Waals surface area contributed by atoms with Gasteiger partial charge in [-0.05, 0) is 12.1 Å². The lowest BCUT2D eigenvalue weighted by Gasteiger charge is -2.11. The molecule has 2 rings (SSSR count). The maximum absolute atomic E-state index is 14.0. The fourth-order valence-electron chi connectivity index (χ4n) is 1.85. The molecular weight excluding hydrogens is 321 g/mol. The van der Waals surface area contributed by atoms with Gasteiger partial charge in [-0.3, -0.25) is 0 Å². The fraction of sp³-hybridized carbons (Fsp3) is 0.167. The topological polar surface area (TPSA) is 103 Å². The maximum atomic E-state index is 14.0. The van der Waals surface area contributed by atoms with Crippen molar-refractivity contribution in [3.8, 4) is 5.69 Å². The third-order valence-corrected chi connectivity index (χ3v) is 3.35. The molecule has 0 aliphatic carbocycles. The van der Waals surface area contributed by atoms with Gasteiger partial charge in [0.05, 0.1) is 16.3 Å². The van der Waals surface area contributed by atoms with E-state index in [1.54, 1.807) is 0 Å². The molecule has 8 nitrogen and oxygen atoms in total. The van der Waals surface area contributed by atoms with Crippen LogP contribution in [0, 0.1) is 5.82 Å². The molecule has 10 heteroatoms. The van der Waals surface area contributed by atoms with Crippen molar-refractivity contribution in [3.63, 3.8) is 0 Å². The molecule has 0 aliphatic rings. The van der Waals surface area contributed by atoms with Crippen LogP contribution in [0.2, 0.25) is 5.02 Å². The minimum atomic E-state index is -1.46. The van der Waals surface area contributed by atoms with Crippen LogP contribution in [0.5, 0.6) is 0 Å². The largest absolute Gasteiger partial charge is 0.478 e. The number of aromatic carboxylic acids is 1. The molecule has 0 bridgehead atoms. The van der Waals surface area contributed by atoms with Crippen molar-refractivity contribution in [1.82, 2.24) is 13.7 Å². The summed E-state index contributed by atoms with van der Waals surface area (Å²) >= 11 is 5.60. The predicted molar refractivity (Wildman–Crippen MR) is 74.4 cm³/mol. The Hall–Kier alpha value is -2.68. The molecule has 0 amide bonds. The Labute approximate surface area is 126 Å². The van der Waals surface area contributed by atoms with Crippen molar-refractivity contribution in [3.05, 3.63) is 60.0 Å². The van der Waals surface area contributed by atoms with Crippen LogP contribution in [0.25, 0.3) is 5.69 Å². The predicted octanol–water partition coefficient (Wildman–Crippen LogP) is -0.274. The SMILES string of the molecule is Cn1c(=O)n(C)c(=O)n(-c2cc(C(=O)O)c(Cl)cc2F)c1=O. The lowest BCUT2D eigenvalue weighted by Crippen LogP contribution is -2.52. The lowest BCUT2D eigenvalue weighted by atomic mass is 10.2. The quantitative estimate of drug-likeness (QED) is 0.816. The van der Waals surface area contributed by atoms with E-state index in [0.29, 0.717) is 19.8 Å². The first-order chi connectivity index (χ1) is 10.2. The Morgan fingerprint density at radius 2 is 1.59 bits per heavy atom. The van der Waals surface area contributed by atoms with Gasteiger partial charge in [0, 0.05) is 14.1 Å². The number of carboxylic acids is 1. The zero-order chi connectivity index (χ0) is 16.8. The van der Waals surface area contributed by atoms with Gasteiger partial charge >= 0.3 is 23.0 Å². The number of carboxylic acid groups (broad SMARTS) is 1. The number of halogens is 2. The van der Waals surface area contributed by atoms with E-state index in [1.165, 1.54) is 0 Å². The highest BCUT2D eigenvalue weighted by Gasteiger charge is 2.19. The van der Waals surface area contributed by atoms with E-state index in [9.17, 15) is 23.6 Å². The number of hydrogen-bond acceptors (Lipinski definition) is 4. The summed E-state index contributed by atoms with van der Waals surface area (Å²) in [5.41, 5.74) is -4.20. The van der Waals surface area contributed by atoms with Crippen molar-refractivity contribution < 1.29 is 14.3 Å². The second kappa shape index (κ2) is 5.26. The normalized spacial score (nSPS) is 10.7. The van der Waals surface area contributed by atoms with Crippen LogP contribution >= 0.6 is 11.6 Å². The van der Waals surface area contributed by atoms with E-state index < -0.39 is 40.1 Å². The van der Waals surface area contributed by atoms with Gasteiger partial charge in [-0.15, -0.1) is 0 Å². The smallest absolute Gasteiger partial charge is 0.340 e. The average Bonchev–Trinajstić information content (AvgIpc) is 2.45. The van der Waals surface area contributed by atoms with E-state index in [2.05, 4.69) is 0 Å². The summed E-state index contributed by atoms with van der Waals surface area (Å²) in [6.07, 6.45) is 0. The van der Waals surface area contributed by atoms with Crippen molar-refractivity contribution in [2.75, 3.05) is 0 Å². The molecule has 0 spiro atoms. The van der Waals surface area contributed by atoms with Crippen LogP contribution in [0.1, 0.15) is 10.4 Å². The number of hydrogen-bond donors (Lipinski definition) is 1. The first kappa shape index (κ1) is 15.7. The minimum Gasteiger partial charge on any atom is -0.478 e. The molecule has 0 fully saturated rings. The van der Waals surface area contributed by atoms with Gasteiger partial charge in [0.25, 0.3) is 0 Å². The summed E-state index contributed by atoms with van der Waals surface area (Å²) in [7, 11) is 2.21. The maximum Gasteiger partial charge on any atom is 0.340 e. The van der Waals surface area contributed by atoms with Crippen LogP contribution < -0.4 is 17.1 Å². The number of carbonyl (C=O) groups is 1. The van der Waals surface area contributed by atoms with Crippen LogP contribution in [-0.2, 0) is 14.1 Å². The standard InChI is InChI=1S/C12H9ClFN3O5/c1-15-10(20)16(2)12(22)17(11(15)21)8-3-5(9(18)19)6(13)4-7(8)14/h3-4H,1-2H3,(H,18,19). The van der Waals surface area contributed by atoms with Gasteiger partial charge in [0.15, 0.2) is 0 Å². The third-order valence-electron chi connectivity index (χ3n) is 3.04. The number of aromatic nitrogens is 3. The molecule has 2 aromatic rings. The number of benzene rings is 1. The van der Waals surface area contributed by atoms with Gasteiger partial charge in [-0.25, -0.2) is 37.3 Å². The van der Waals surface area contributed by atoms with Crippen molar-refractivity contribution in [2.24, 2.45) is 14.1 Å². The Balaban J connectivity index is 2.99. The summed E-state index contributed by atoms with van der Waals surface area (Å²) in [4.78, 5) is 46.7. The van der Waals surface area contributed by atoms with E-state index in [1.807, 2.05) is 0 Å². The van der Waals surface area contributed by atoms with Crippen molar-refractivity contribution in [2.45, 2.75) is 0 Å². The van der Waals surface area contributed by atoms with E-state index in [-0.39, 0.29) is 5.02 Å². The van der Waals surface area contributed by atoms with Gasteiger partial charge < -0.3 is 5.11 Å². The van der Waals surface area contributed by atoms with Gasteiger partial charge in [0.2, 0.25) is 0 Å². The van der Waals surface area contributed by atoms with E-state index >= 15 is 0 Å². The molecule has 0 aliphatic heterocycles. The van der Waals surface area contributed by atoms with Gasteiger partial charge in [-0.2, -0.15) is 0 Å². The lowest BCUT2D eigenvalue weighted by molar-refractivity contribution is 0.0697. The zero-order valence-corrected chi connectivity index (χ0v) is 12.1. The second-order valence-electron chi connectivity index (χ2n) is 4.39. The molecule has 22 heavy (non-hydrogen) atoms. The molecule has 1 heterocycles. The summed E-state index contributed by atoms with van der Waals surface area (Å²) in [6.45, 7) is 0. The molecule has 0 saturated carbocycles. The second-order valence-corrected chi connectivity index (χ2v) is 4.80. The molecule has 0 saturated heterocycles. The molecule has 0 unspecified atom stereocenters. The first-order valence-electron chi connectivity index (χ1n) is 5.78. The summed E-state index contributed by atoms with van der Waals surface area (Å²) < 4.78 is 15.6. The first-order valence-corrected chi connectivity index (χ1v) is 6.16. The molecule has 1 N–H and O–H groups in total. The Bertz CT molecular complexity index is 932. The average molecular weight is 330 g/mol. The number of nitrogens with zero attached hydrogens (tertiary/aromatic N) is 3. The molecule has 0 atom stereocenters. The highest BCUT2D eigenvalue weighted by atomic mass is 35.5. The molecule has 116 valence electrons. The van der Waals surface area contributed by atoms with Gasteiger partial charge in [0.1, 0.15) is 5.82 Å². The van der Waals surface area contributed by atoms with Crippen molar-refractivity contribution in [1.29, 1.82) is 0 Å². The highest BCUT2D eigenvalue weighted by molar-refractivity contribution is 6.33. The van der Waals surface area contributed by atoms with Gasteiger partial charge in [-0.1, -0.05) is 11.6 Å². The Kier molecular flexibility index (Phi) is 3.76. The molecule has 1 aromatic heterocycles. The van der Waals surface area contributed by atoms with Crippen molar-refractivity contribution >= 4 is 17.6 Å². The van der Waals surface area contributed by atoms with E-state index in [0.717, 1.165) is 20.2 Å².